The van der Waals surface area contributed by atoms with Crippen molar-refractivity contribution in [1.82, 2.24) is 10.2 Å². The molecule has 0 fully saturated rings. The molecular weight excluding hydrogens is 512 g/mol. The molecule has 9 nitrogen and oxygen atoms in total. The van der Waals surface area contributed by atoms with Crippen LogP contribution in [-0.4, -0.2) is 60.2 Å². The second-order valence-corrected chi connectivity index (χ2v) is 9.83. The van der Waals surface area contributed by atoms with Crippen LogP contribution >= 0.6 is 0 Å². The largest absolute Gasteiger partial charge is 0.481 e. The summed E-state index contributed by atoms with van der Waals surface area (Å²) in [6, 6.07) is 23.6. The summed E-state index contributed by atoms with van der Waals surface area (Å²) in [5.41, 5.74) is 5.01. The van der Waals surface area contributed by atoms with E-state index in [2.05, 4.69) is 5.32 Å². The van der Waals surface area contributed by atoms with Crippen molar-refractivity contribution in [2.24, 2.45) is 5.92 Å². The predicted molar refractivity (Wildman–Crippen MR) is 147 cm³/mol. The summed E-state index contributed by atoms with van der Waals surface area (Å²) < 4.78 is 10.9. The lowest BCUT2D eigenvalue weighted by Gasteiger charge is -2.25. The van der Waals surface area contributed by atoms with E-state index in [0.717, 1.165) is 27.8 Å². The molecule has 0 aliphatic heterocycles. The average Bonchev–Trinajstić information content (AvgIpc) is 3.28. The Morgan fingerprint density at radius 1 is 0.875 bits per heavy atom. The molecule has 0 spiro atoms. The maximum atomic E-state index is 13.2. The first-order chi connectivity index (χ1) is 19.2. The Labute approximate surface area is 232 Å². The van der Waals surface area contributed by atoms with Crippen molar-refractivity contribution < 1.29 is 33.8 Å². The molecule has 2 atom stereocenters. The smallest absolute Gasteiger partial charge is 0.407 e. The number of amides is 2. The zero-order valence-corrected chi connectivity index (χ0v) is 22.4. The molecular formula is C31H32N2O7. The Balaban J connectivity index is 1.42. The highest BCUT2D eigenvalue weighted by atomic mass is 16.5. The Morgan fingerprint density at radius 2 is 1.45 bits per heavy atom. The number of carbonyl (C=O) groups is 4. The van der Waals surface area contributed by atoms with Crippen molar-refractivity contribution in [2.75, 3.05) is 20.2 Å². The fourth-order valence-electron chi connectivity index (χ4n) is 4.79. The van der Waals surface area contributed by atoms with Crippen molar-refractivity contribution in [2.45, 2.75) is 31.9 Å². The Kier molecular flexibility index (Phi) is 9.16. The minimum Gasteiger partial charge on any atom is -0.481 e. The van der Waals surface area contributed by atoms with E-state index in [1.807, 2.05) is 66.7 Å². The number of esters is 1. The number of hydrogen-bond donors (Lipinski definition) is 2. The monoisotopic (exact) mass is 544 g/mol. The first-order valence-corrected chi connectivity index (χ1v) is 13.0. The minimum atomic E-state index is -1.30. The van der Waals surface area contributed by atoms with Crippen LogP contribution in [-0.2, 0) is 30.5 Å². The van der Waals surface area contributed by atoms with E-state index < -0.39 is 42.3 Å². The number of alkyl carbamates (subject to hydrolysis) is 1. The summed E-state index contributed by atoms with van der Waals surface area (Å²) in [4.78, 5) is 51.2. The number of benzene rings is 3. The van der Waals surface area contributed by atoms with E-state index in [-0.39, 0.29) is 25.7 Å². The van der Waals surface area contributed by atoms with Gasteiger partial charge in [-0.15, -0.1) is 0 Å². The highest BCUT2D eigenvalue weighted by molar-refractivity contribution is 5.90. The predicted octanol–water partition coefficient (Wildman–Crippen LogP) is 4.21. The van der Waals surface area contributed by atoms with Gasteiger partial charge in [0, 0.05) is 19.5 Å². The fourth-order valence-corrected chi connectivity index (χ4v) is 4.79. The number of rotatable bonds is 11. The maximum Gasteiger partial charge on any atom is 0.407 e. The van der Waals surface area contributed by atoms with E-state index in [9.17, 15) is 24.3 Å². The van der Waals surface area contributed by atoms with Gasteiger partial charge in [0.25, 0.3) is 0 Å². The zero-order chi connectivity index (χ0) is 28.6. The first kappa shape index (κ1) is 28.4. The Bertz CT molecular complexity index is 1330. The Morgan fingerprint density at radius 3 is 2.05 bits per heavy atom. The van der Waals surface area contributed by atoms with Crippen LogP contribution in [0.3, 0.4) is 0 Å². The number of nitrogens with one attached hydrogen (secondary N) is 1. The number of fused-ring (bicyclic) bond motifs is 3. The second-order valence-electron chi connectivity index (χ2n) is 9.83. The second kappa shape index (κ2) is 12.9. The van der Waals surface area contributed by atoms with Crippen LogP contribution in [0.25, 0.3) is 11.1 Å². The SMILES string of the molecule is CC(CN(C)C(=O)[C@H](CC(=O)OCc1ccccc1)NC(=O)OCC1c2ccccc2-c2ccccc21)C(=O)O. The van der Waals surface area contributed by atoms with Gasteiger partial charge in [0.05, 0.1) is 12.3 Å². The molecule has 208 valence electrons. The lowest BCUT2D eigenvalue weighted by Crippen LogP contribution is -2.50. The third-order valence-electron chi connectivity index (χ3n) is 6.89. The molecule has 1 aliphatic carbocycles. The van der Waals surface area contributed by atoms with E-state index >= 15 is 0 Å². The molecule has 0 saturated heterocycles. The number of ether oxygens (including phenoxy) is 2. The van der Waals surface area contributed by atoms with Crippen LogP contribution in [0.4, 0.5) is 4.79 Å². The molecule has 2 amide bonds. The molecule has 0 bridgehead atoms. The number of likely N-dealkylation sites (N-methyl/N-ethyl adjacent to an activating group) is 1. The fraction of sp³-hybridized carbons (Fsp3) is 0.290. The third kappa shape index (κ3) is 6.85. The van der Waals surface area contributed by atoms with Gasteiger partial charge in [0.15, 0.2) is 0 Å². The van der Waals surface area contributed by atoms with E-state index in [1.165, 1.54) is 18.9 Å². The van der Waals surface area contributed by atoms with Gasteiger partial charge in [0.1, 0.15) is 19.3 Å². The molecule has 1 unspecified atom stereocenters. The molecule has 4 rings (SSSR count). The number of nitrogens with zero attached hydrogens (tertiary/aromatic N) is 1. The summed E-state index contributed by atoms with van der Waals surface area (Å²) in [7, 11) is 1.42. The molecule has 3 aromatic carbocycles. The van der Waals surface area contributed by atoms with Crippen molar-refractivity contribution in [1.29, 1.82) is 0 Å². The van der Waals surface area contributed by atoms with Crippen molar-refractivity contribution in [3.8, 4) is 11.1 Å². The highest BCUT2D eigenvalue weighted by Crippen LogP contribution is 2.44. The minimum absolute atomic E-state index is 0.0113. The van der Waals surface area contributed by atoms with Crippen molar-refractivity contribution in [3.05, 3.63) is 95.6 Å². The molecule has 0 heterocycles. The van der Waals surface area contributed by atoms with Crippen LogP contribution in [0.5, 0.6) is 0 Å². The summed E-state index contributed by atoms with van der Waals surface area (Å²) in [6.45, 7) is 1.41. The van der Waals surface area contributed by atoms with Gasteiger partial charge in [-0.05, 0) is 27.8 Å². The number of aliphatic carboxylic acids is 1. The molecule has 0 saturated carbocycles. The molecule has 1 aliphatic rings. The number of hydrogen-bond acceptors (Lipinski definition) is 6. The van der Waals surface area contributed by atoms with Crippen molar-refractivity contribution in [3.63, 3.8) is 0 Å². The van der Waals surface area contributed by atoms with Crippen LogP contribution in [0.15, 0.2) is 78.9 Å². The van der Waals surface area contributed by atoms with Gasteiger partial charge in [-0.1, -0.05) is 85.8 Å². The van der Waals surface area contributed by atoms with Gasteiger partial charge in [-0.3, -0.25) is 14.4 Å². The van der Waals surface area contributed by atoms with Gasteiger partial charge >= 0.3 is 18.0 Å². The molecule has 0 radical (unpaired) electrons. The summed E-state index contributed by atoms with van der Waals surface area (Å²) in [6.07, 6.45) is -1.31. The third-order valence-corrected chi connectivity index (χ3v) is 6.89. The molecule has 2 N–H and O–H groups in total. The van der Waals surface area contributed by atoms with Gasteiger partial charge in [-0.2, -0.15) is 0 Å². The molecule has 3 aromatic rings. The summed E-state index contributed by atoms with van der Waals surface area (Å²) in [5, 5.41) is 11.7. The van der Waals surface area contributed by atoms with Crippen LogP contribution in [0, 0.1) is 5.92 Å². The summed E-state index contributed by atoms with van der Waals surface area (Å²) >= 11 is 0. The molecule has 40 heavy (non-hydrogen) atoms. The normalized spacial score (nSPS) is 13.3. The van der Waals surface area contributed by atoms with Crippen molar-refractivity contribution >= 4 is 23.9 Å². The standard InChI is InChI=1S/C31H32N2O7/c1-20(30(36)37)17-33(2)29(35)27(16-28(34)39-18-21-10-4-3-5-11-21)32-31(38)40-19-26-24-14-8-6-12-22(24)23-13-7-9-15-25(23)26/h3-15,20,26-27H,16-19H2,1-2H3,(H,32,38)(H,36,37)/t20?,27-/m0/s1. The lowest BCUT2D eigenvalue weighted by molar-refractivity contribution is -0.149. The van der Waals surface area contributed by atoms with Gasteiger partial charge in [-0.25, -0.2) is 4.79 Å². The van der Waals surface area contributed by atoms with E-state index in [4.69, 9.17) is 9.47 Å². The topological polar surface area (TPSA) is 122 Å². The van der Waals surface area contributed by atoms with Gasteiger partial charge < -0.3 is 24.8 Å². The Hall–Kier alpha value is -4.66. The van der Waals surface area contributed by atoms with Crippen LogP contribution < -0.4 is 5.32 Å². The quantitative estimate of drug-likeness (QED) is 0.347. The summed E-state index contributed by atoms with van der Waals surface area (Å²) in [5.74, 6) is -3.40. The maximum absolute atomic E-state index is 13.2. The van der Waals surface area contributed by atoms with Crippen LogP contribution in [0.1, 0.15) is 36.0 Å². The molecule has 0 aromatic heterocycles. The lowest BCUT2D eigenvalue weighted by atomic mass is 9.98. The zero-order valence-electron chi connectivity index (χ0n) is 22.4. The number of carboxylic acids is 1. The van der Waals surface area contributed by atoms with Gasteiger partial charge in [0.2, 0.25) is 5.91 Å². The number of carbonyl (C=O) groups excluding carboxylic acids is 3. The highest BCUT2D eigenvalue weighted by Gasteiger charge is 2.32. The van der Waals surface area contributed by atoms with E-state index in [1.54, 1.807) is 12.1 Å². The number of carboxylic acid groups (broad SMARTS) is 1. The van der Waals surface area contributed by atoms with Crippen LogP contribution in [0.2, 0.25) is 0 Å². The molecule has 9 heteroatoms. The average molecular weight is 545 g/mol. The van der Waals surface area contributed by atoms with E-state index in [0.29, 0.717) is 0 Å². The first-order valence-electron chi connectivity index (χ1n) is 13.0.